The lowest BCUT2D eigenvalue weighted by Gasteiger charge is -2.23. The molecule has 2 rings (SSSR count). The summed E-state index contributed by atoms with van der Waals surface area (Å²) in [6, 6.07) is -0.698. The van der Waals surface area contributed by atoms with E-state index < -0.39 is 18.1 Å². The van der Waals surface area contributed by atoms with Gasteiger partial charge in [-0.1, -0.05) is 143 Å². The largest absolute Gasteiger partial charge is 0.466 e. The van der Waals surface area contributed by atoms with Crippen molar-refractivity contribution in [2.75, 3.05) is 12.3 Å². The van der Waals surface area contributed by atoms with Crippen molar-refractivity contribution in [2.24, 2.45) is 11.7 Å². The summed E-state index contributed by atoms with van der Waals surface area (Å²) < 4.78 is 13.2. The van der Waals surface area contributed by atoms with Crippen LogP contribution >= 0.6 is 0 Å². The number of carbonyl (C=O) groups excluding carboxylic acids is 2. The molecule has 3 atom stereocenters. The van der Waals surface area contributed by atoms with E-state index in [-0.39, 0.29) is 24.4 Å². The van der Waals surface area contributed by atoms with Gasteiger partial charge in [0.1, 0.15) is 17.7 Å². The van der Waals surface area contributed by atoms with Crippen LogP contribution in [0.1, 0.15) is 168 Å². The topological polar surface area (TPSA) is 148 Å². The minimum Gasteiger partial charge on any atom is -0.466 e. The van der Waals surface area contributed by atoms with Crippen molar-refractivity contribution in [1.82, 2.24) is 19.5 Å². The van der Waals surface area contributed by atoms with Gasteiger partial charge in [0.15, 0.2) is 5.65 Å². The number of anilines is 1. The van der Waals surface area contributed by atoms with Gasteiger partial charge in [0, 0.05) is 25.8 Å². The molecule has 0 bridgehead atoms. The molecule has 0 aliphatic rings. The zero-order valence-corrected chi connectivity index (χ0v) is 30.6. The van der Waals surface area contributed by atoms with Gasteiger partial charge in [-0.2, -0.15) is 4.98 Å². The number of aromatic nitrogens is 4. The number of fused-ring (bicyclic) bond motifs is 1. The molecule has 0 amide bonds. The van der Waals surface area contributed by atoms with Crippen LogP contribution in [0.5, 0.6) is 0 Å². The lowest BCUT2D eigenvalue weighted by Crippen LogP contribution is -2.40. The number of unbranched alkanes of at least 4 members (excludes halogenated alkanes) is 18. The molecule has 48 heavy (non-hydrogen) atoms. The number of nitrogens with two attached hydrogens (primary N) is 2. The van der Waals surface area contributed by atoms with Crippen molar-refractivity contribution < 1.29 is 19.1 Å². The molecule has 0 radical (unpaired) electrons. The monoisotopic (exact) mass is 673 g/mol. The Kier molecular flexibility index (Phi) is 22.6. The number of esters is 2. The molecule has 0 fully saturated rings. The van der Waals surface area contributed by atoms with Gasteiger partial charge in [-0.15, -0.1) is 0 Å². The highest BCUT2D eigenvalue weighted by molar-refractivity contribution is 5.76. The first-order valence-corrected chi connectivity index (χ1v) is 19.4. The van der Waals surface area contributed by atoms with Crippen molar-refractivity contribution in [3.8, 4) is 0 Å². The number of nitrogen functional groups attached to an aromatic ring is 1. The quantitative estimate of drug-likeness (QED) is 0.0613. The molecule has 0 aliphatic heterocycles. The molecule has 2 heterocycles. The van der Waals surface area contributed by atoms with E-state index in [4.69, 9.17) is 20.9 Å². The van der Waals surface area contributed by atoms with Crippen LogP contribution in [-0.2, 0) is 25.6 Å². The van der Waals surface area contributed by atoms with Crippen LogP contribution in [0.3, 0.4) is 0 Å². The number of hydrogen-bond donors (Lipinski definition) is 2. The molecule has 1 unspecified atom stereocenters. The predicted octanol–water partition coefficient (Wildman–Crippen LogP) is 8.84. The third-order valence-electron chi connectivity index (χ3n) is 9.57. The molecule has 2 aromatic heterocycles. The van der Waals surface area contributed by atoms with Crippen molar-refractivity contribution in [2.45, 2.75) is 187 Å². The molecule has 10 heteroatoms. The molecule has 0 aromatic carbocycles. The van der Waals surface area contributed by atoms with Crippen LogP contribution in [0.25, 0.3) is 11.2 Å². The molecular formula is C38H68N6O4. The molecule has 0 spiro atoms. The van der Waals surface area contributed by atoms with Crippen LogP contribution in [-0.4, -0.2) is 50.2 Å². The van der Waals surface area contributed by atoms with Gasteiger partial charge in [0.05, 0.1) is 19.1 Å². The summed E-state index contributed by atoms with van der Waals surface area (Å²) in [6.45, 7) is 6.89. The van der Waals surface area contributed by atoms with Crippen LogP contribution in [0, 0.1) is 5.92 Å². The smallest absolute Gasteiger partial charge is 0.323 e. The number of nitrogens with zero attached hydrogens (tertiary/aromatic N) is 4. The number of carbonyl (C=O) groups is 2. The molecule has 2 aromatic rings. The van der Waals surface area contributed by atoms with Crippen LogP contribution in [0.2, 0.25) is 0 Å². The summed E-state index contributed by atoms with van der Waals surface area (Å²) in [5.41, 5.74) is 13.2. The molecule has 0 saturated heterocycles. The van der Waals surface area contributed by atoms with Gasteiger partial charge in [-0.25, -0.2) is 9.97 Å². The van der Waals surface area contributed by atoms with E-state index in [1.165, 1.54) is 109 Å². The summed E-state index contributed by atoms with van der Waals surface area (Å²) in [5.74, 6) is -0.455. The summed E-state index contributed by atoms with van der Waals surface area (Å²) in [6.07, 6.45) is 30.0. The predicted molar refractivity (Wildman–Crippen MR) is 195 cm³/mol. The summed E-state index contributed by atoms with van der Waals surface area (Å²) in [5, 5.41) is 0. The maximum Gasteiger partial charge on any atom is 0.323 e. The number of aryl methyl sites for hydroxylation is 1. The van der Waals surface area contributed by atoms with E-state index in [1.54, 1.807) is 12.5 Å². The van der Waals surface area contributed by atoms with E-state index in [1.807, 2.05) is 18.4 Å². The molecule has 4 N–H and O–H groups in total. The first-order valence-electron chi connectivity index (χ1n) is 19.4. The molecular weight excluding hydrogens is 604 g/mol. The SMILES string of the molecule is CCCCCCCCCCCCCCCCCCCCCC(=O)OCCC(CCn1cnc2cnc(N)nc21)OC(=O)[C@@H](N)[C@@H](C)CC. The Bertz CT molecular complexity index is 1130. The third-order valence-corrected chi connectivity index (χ3v) is 9.57. The second-order valence-electron chi connectivity index (χ2n) is 13.8. The number of imidazole rings is 1. The van der Waals surface area contributed by atoms with E-state index >= 15 is 0 Å². The highest BCUT2D eigenvalue weighted by Gasteiger charge is 2.25. The highest BCUT2D eigenvalue weighted by Crippen LogP contribution is 2.17. The van der Waals surface area contributed by atoms with Gasteiger partial charge in [-0.3, -0.25) is 9.59 Å². The second-order valence-corrected chi connectivity index (χ2v) is 13.8. The van der Waals surface area contributed by atoms with Crippen LogP contribution in [0.4, 0.5) is 5.95 Å². The van der Waals surface area contributed by atoms with E-state index in [2.05, 4.69) is 21.9 Å². The zero-order valence-electron chi connectivity index (χ0n) is 30.6. The molecule has 0 saturated carbocycles. The fourth-order valence-corrected chi connectivity index (χ4v) is 6.03. The maximum atomic E-state index is 12.8. The highest BCUT2D eigenvalue weighted by atomic mass is 16.6. The minimum absolute atomic E-state index is 0.00691. The number of ether oxygens (including phenoxy) is 2. The fraction of sp³-hybridized carbons (Fsp3) is 0.816. The minimum atomic E-state index is -0.698. The Morgan fingerprint density at radius 3 is 1.88 bits per heavy atom. The van der Waals surface area contributed by atoms with Gasteiger partial charge < -0.3 is 25.5 Å². The Hall–Kier alpha value is -2.75. The van der Waals surface area contributed by atoms with Gasteiger partial charge >= 0.3 is 11.9 Å². The number of hydrogen-bond acceptors (Lipinski definition) is 9. The number of rotatable bonds is 30. The van der Waals surface area contributed by atoms with Crippen LogP contribution < -0.4 is 11.5 Å². The normalized spacial score (nSPS) is 13.4. The van der Waals surface area contributed by atoms with Crippen LogP contribution in [0.15, 0.2) is 12.5 Å². The van der Waals surface area contributed by atoms with Gasteiger partial charge in [-0.05, 0) is 12.3 Å². The zero-order chi connectivity index (χ0) is 34.8. The fourth-order valence-electron chi connectivity index (χ4n) is 6.03. The van der Waals surface area contributed by atoms with E-state index in [9.17, 15) is 9.59 Å². The molecule has 274 valence electrons. The summed E-state index contributed by atoms with van der Waals surface area (Å²) in [7, 11) is 0. The third kappa shape index (κ3) is 18.1. The lowest BCUT2D eigenvalue weighted by molar-refractivity contribution is -0.154. The van der Waals surface area contributed by atoms with E-state index in [0.29, 0.717) is 37.0 Å². The maximum absolute atomic E-state index is 12.8. The Morgan fingerprint density at radius 1 is 0.792 bits per heavy atom. The first kappa shape index (κ1) is 41.4. The Labute approximate surface area is 290 Å². The van der Waals surface area contributed by atoms with Crippen molar-refractivity contribution >= 4 is 29.1 Å². The molecule has 0 aliphatic carbocycles. The van der Waals surface area contributed by atoms with Crippen molar-refractivity contribution in [3.05, 3.63) is 12.5 Å². The average Bonchev–Trinajstić information content (AvgIpc) is 3.49. The molecule has 10 nitrogen and oxygen atoms in total. The van der Waals surface area contributed by atoms with E-state index in [0.717, 1.165) is 19.3 Å². The second kappa shape index (κ2) is 26.2. The Balaban J connectivity index is 1.54. The van der Waals surface area contributed by atoms with Crippen molar-refractivity contribution in [1.29, 1.82) is 0 Å². The van der Waals surface area contributed by atoms with Gasteiger partial charge in [0.25, 0.3) is 0 Å². The van der Waals surface area contributed by atoms with Gasteiger partial charge in [0.2, 0.25) is 5.95 Å². The van der Waals surface area contributed by atoms with Crippen molar-refractivity contribution in [3.63, 3.8) is 0 Å². The Morgan fingerprint density at radius 2 is 1.33 bits per heavy atom. The summed E-state index contributed by atoms with van der Waals surface area (Å²) in [4.78, 5) is 37.7. The lowest BCUT2D eigenvalue weighted by atomic mass is 10.0. The summed E-state index contributed by atoms with van der Waals surface area (Å²) >= 11 is 0. The standard InChI is InChI=1S/C38H68N6O4/c1-4-6-7-8-9-10-11-12-13-14-15-16-17-18-19-20-21-22-23-24-34(45)47-28-26-32(48-37(46)35(39)31(3)5-2)25-27-44-30-42-33-29-41-38(40)43-36(33)44/h29-32,35H,4-28,39H2,1-3H3,(H2,40,41,43)/t31-,32?,35-/m0/s1. The average molecular weight is 673 g/mol. The first-order chi connectivity index (χ1) is 23.3.